The van der Waals surface area contributed by atoms with E-state index in [4.69, 9.17) is 28.8 Å². The van der Waals surface area contributed by atoms with Gasteiger partial charge >= 0.3 is 0 Å². The molecule has 0 bridgehead atoms. The Bertz CT molecular complexity index is 442. The van der Waals surface area contributed by atoms with E-state index in [1.165, 1.54) is 0 Å². The van der Waals surface area contributed by atoms with Crippen LogP contribution in [-0.4, -0.2) is 11.9 Å². The number of aryl methyl sites for hydroxylation is 1. The van der Waals surface area contributed by atoms with Crippen LogP contribution >= 0.6 is 11.6 Å². The van der Waals surface area contributed by atoms with Crippen LogP contribution in [-0.2, 0) is 0 Å². The molecule has 0 heterocycles. The highest BCUT2D eigenvalue weighted by atomic mass is 35.5. The highest BCUT2D eigenvalue weighted by Crippen LogP contribution is 2.26. The van der Waals surface area contributed by atoms with Crippen molar-refractivity contribution < 1.29 is 4.39 Å². The summed E-state index contributed by atoms with van der Waals surface area (Å²) in [7, 11) is 0. The van der Waals surface area contributed by atoms with Crippen molar-refractivity contribution in [3.05, 3.63) is 28.5 Å². The molecule has 0 saturated carbocycles. The van der Waals surface area contributed by atoms with Crippen molar-refractivity contribution >= 4 is 29.2 Å². The second-order valence-corrected chi connectivity index (χ2v) is 3.50. The van der Waals surface area contributed by atoms with Gasteiger partial charge in [-0.3, -0.25) is 0 Å². The molecule has 5 nitrogen and oxygen atoms in total. The molecule has 0 spiro atoms. The average molecular weight is 244 g/mol. The Kier molecular flexibility index (Phi) is 3.68. The molecule has 16 heavy (non-hydrogen) atoms. The summed E-state index contributed by atoms with van der Waals surface area (Å²) in [6.07, 6.45) is 0. The lowest BCUT2D eigenvalue weighted by Crippen LogP contribution is -2.26. The molecule has 0 saturated heterocycles. The Hall–Kier alpha value is -1.82. The zero-order valence-electron chi connectivity index (χ0n) is 8.54. The number of hydrogen-bond donors (Lipinski definition) is 3. The summed E-state index contributed by atoms with van der Waals surface area (Å²) >= 11 is 5.66. The Balaban J connectivity index is 3.20. The average Bonchev–Trinajstić information content (AvgIpc) is 2.09. The van der Waals surface area contributed by atoms with Gasteiger partial charge in [0, 0.05) is 5.02 Å². The zero-order chi connectivity index (χ0) is 12.3. The van der Waals surface area contributed by atoms with Gasteiger partial charge in [-0.05, 0) is 24.6 Å². The fourth-order valence-electron chi connectivity index (χ4n) is 1.11. The van der Waals surface area contributed by atoms with Crippen LogP contribution in [0.25, 0.3) is 0 Å². The number of nitrogens with two attached hydrogens (primary N) is 3. The molecular formula is C9H11ClFN5. The minimum atomic E-state index is -0.584. The van der Waals surface area contributed by atoms with Crippen molar-refractivity contribution in [1.29, 1.82) is 0 Å². The van der Waals surface area contributed by atoms with Crippen molar-refractivity contribution in [2.75, 3.05) is 0 Å². The van der Waals surface area contributed by atoms with Gasteiger partial charge < -0.3 is 17.2 Å². The molecule has 6 N–H and O–H groups in total. The Morgan fingerprint density at radius 3 is 2.44 bits per heavy atom. The van der Waals surface area contributed by atoms with E-state index in [0.717, 1.165) is 6.07 Å². The maximum atomic E-state index is 13.5. The van der Waals surface area contributed by atoms with Crippen LogP contribution in [0.3, 0.4) is 0 Å². The van der Waals surface area contributed by atoms with E-state index in [1.54, 1.807) is 13.0 Å². The van der Waals surface area contributed by atoms with Crippen LogP contribution in [0, 0.1) is 12.7 Å². The molecule has 1 aromatic rings. The minimum Gasteiger partial charge on any atom is -0.370 e. The van der Waals surface area contributed by atoms with Gasteiger partial charge in [0.15, 0.2) is 11.8 Å². The summed E-state index contributed by atoms with van der Waals surface area (Å²) in [5.74, 6) is -1.05. The van der Waals surface area contributed by atoms with Gasteiger partial charge in [-0.2, -0.15) is 4.99 Å². The molecule has 86 valence electrons. The van der Waals surface area contributed by atoms with Gasteiger partial charge in [0.05, 0.1) is 0 Å². The molecule has 0 aromatic heterocycles. The first-order valence-corrected chi connectivity index (χ1v) is 4.67. The molecule has 0 unspecified atom stereocenters. The number of guanidine groups is 2. The largest absolute Gasteiger partial charge is 0.370 e. The Morgan fingerprint density at radius 1 is 1.31 bits per heavy atom. The third-order valence-corrected chi connectivity index (χ3v) is 1.91. The normalized spacial score (nSPS) is 11.3. The van der Waals surface area contributed by atoms with Crippen LogP contribution in [0.1, 0.15) is 5.56 Å². The van der Waals surface area contributed by atoms with Gasteiger partial charge in [-0.25, -0.2) is 9.38 Å². The van der Waals surface area contributed by atoms with E-state index in [2.05, 4.69) is 9.98 Å². The Labute approximate surface area is 96.8 Å². The van der Waals surface area contributed by atoms with Crippen LogP contribution in [0.15, 0.2) is 22.1 Å². The lowest BCUT2D eigenvalue weighted by Gasteiger charge is -2.03. The third kappa shape index (κ3) is 3.09. The lowest BCUT2D eigenvalue weighted by atomic mass is 10.2. The highest BCUT2D eigenvalue weighted by molar-refractivity contribution is 6.30. The van der Waals surface area contributed by atoms with Crippen molar-refractivity contribution in [3.8, 4) is 0 Å². The number of hydrogen-bond acceptors (Lipinski definition) is 1. The fourth-order valence-corrected chi connectivity index (χ4v) is 1.37. The van der Waals surface area contributed by atoms with Crippen molar-refractivity contribution in [2.45, 2.75) is 6.92 Å². The van der Waals surface area contributed by atoms with Crippen LogP contribution in [0.4, 0.5) is 10.1 Å². The van der Waals surface area contributed by atoms with Gasteiger partial charge in [0.2, 0.25) is 5.96 Å². The topological polar surface area (TPSA) is 103 Å². The summed E-state index contributed by atoms with van der Waals surface area (Å²) < 4.78 is 13.5. The summed E-state index contributed by atoms with van der Waals surface area (Å²) in [4.78, 5) is 7.23. The standard InChI is InChI=1S/C9H11ClFN5/c1-4-2-5(10)3-6(11)7(4)15-9(14)16-8(12)13/h2-3H,1H3,(H6,12,13,14,15,16). The van der Waals surface area contributed by atoms with Gasteiger partial charge in [-0.15, -0.1) is 0 Å². The summed E-state index contributed by atoms with van der Waals surface area (Å²) in [6.45, 7) is 1.65. The number of halogens is 2. The highest BCUT2D eigenvalue weighted by Gasteiger charge is 2.07. The van der Waals surface area contributed by atoms with Crippen molar-refractivity contribution in [1.82, 2.24) is 0 Å². The monoisotopic (exact) mass is 243 g/mol. The summed E-state index contributed by atoms with van der Waals surface area (Å²) in [5, 5.41) is 0.286. The smallest absolute Gasteiger partial charge is 0.223 e. The zero-order valence-corrected chi connectivity index (χ0v) is 9.29. The fraction of sp³-hybridized carbons (Fsp3) is 0.111. The molecule has 0 radical (unpaired) electrons. The first kappa shape index (κ1) is 12.3. The molecule has 0 fully saturated rings. The Morgan fingerprint density at radius 2 is 1.94 bits per heavy atom. The predicted molar refractivity (Wildman–Crippen MR) is 63.2 cm³/mol. The van der Waals surface area contributed by atoms with Crippen molar-refractivity contribution in [3.63, 3.8) is 0 Å². The molecule has 0 aliphatic rings. The van der Waals surface area contributed by atoms with Crippen LogP contribution < -0.4 is 17.2 Å². The van der Waals surface area contributed by atoms with E-state index in [9.17, 15) is 4.39 Å². The molecule has 1 aromatic carbocycles. The summed E-state index contributed by atoms with van der Waals surface area (Å²) in [5.41, 5.74) is 16.2. The molecule has 0 aliphatic carbocycles. The lowest BCUT2D eigenvalue weighted by molar-refractivity contribution is 0.629. The summed E-state index contributed by atoms with van der Waals surface area (Å²) in [6, 6.07) is 2.70. The molecule has 0 aliphatic heterocycles. The van der Waals surface area contributed by atoms with Gasteiger partial charge in [-0.1, -0.05) is 11.6 Å². The minimum absolute atomic E-state index is 0.0619. The van der Waals surface area contributed by atoms with E-state index in [1.807, 2.05) is 0 Å². The first-order valence-electron chi connectivity index (χ1n) is 4.29. The van der Waals surface area contributed by atoms with Crippen LogP contribution in [0.5, 0.6) is 0 Å². The van der Waals surface area contributed by atoms with E-state index in [0.29, 0.717) is 5.56 Å². The molecule has 0 atom stereocenters. The predicted octanol–water partition coefficient (Wildman–Crippen LogP) is 1.01. The second-order valence-electron chi connectivity index (χ2n) is 3.06. The SMILES string of the molecule is Cc1cc(Cl)cc(F)c1N=C(N)N=C(N)N. The number of aliphatic imine (C=N–C) groups is 2. The molecule has 1 rings (SSSR count). The first-order chi connectivity index (χ1) is 7.40. The van der Waals surface area contributed by atoms with E-state index < -0.39 is 5.82 Å². The molecule has 7 heteroatoms. The van der Waals surface area contributed by atoms with Crippen LogP contribution in [0.2, 0.25) is 5.02 Å². The van der Waals surface area contributed by atoms with E-state index in [-0.39, 0.29) is 22.6 Å². The maximum Gasteiger partial charge on any atom is 0.223 e. The number of benzene rings is 1. The van der Waals surface area contributed by atoms with Gasteiger partial charge in [0.25, 0.3) is 0 Å². The maximum absolute atomic E-state index is 13.5. The quantitative estimate of drug-likeness (QED) is 0.506. The third-order valence-electron chi connectivity index (χ3n) is 1.69. The van der Waals surface area contributed by atoms with Crippen molar-refractivity contribution in [2.24, 2.45) is 27.2 Å². The van der Waals surface area contributed by atoms with E-state index >= 15 is 0 Å². The number of nitrogens with zero attached hydrogens (tertiary/aromatic N) is 2. The van der Waals surface area contributed by atoms with Gasteiger partial charge in [0.1, 0.15) is 5.69 Å². The second kappa shape index (κ2) is 4.80. The number of rotatable bonds is 1. The molecular weight excluding hydrogens is 233 g/mol. The molecule has 0 amide bonds.